The monoisotopic (exact) mass is 341 g/mol. The Morgan fingerprint density at radius 3 is 2.48 bits per heavy atom. The first-order valence-corrected chi connectivity index (χ1v) is 7.42. The smallest absolute Gasteiger partial charge is 0.282 e. The Balaban J connectivity index is 1.55. The molecule has 2 aromatic carbocycles. The van der Waals surface area contributed by atoms with E-state index in [1.165, 1.54) is 24.3 Å². The van der Waals surface area contributed by atoms with Gasteiger partial charge in [0.05, 0.1) is 10.6 Å². The summed E-state index contributed by atoms with van der Waals surface area (Å²) in [5.74, 6) is 0.676. The lowest BCUT2D eigenvalue weighted by Gasteiger charge is -2.25. The van der Waals surface area contributed by atoms with Gasteiger partial charge < -0.3 is 9.47 Å². The summed E-state index contributed by atoms with van der Waals surface area (Å²) in [6, 6.07) is 12.9. The molecule has 0 aliphatic carbocycles. The van der Waals surface area contributed by atoms with Crippen molar-refractivity contribution in [1.82, 2.24) is 10.9 Å². The number of benzene rings is 2. The molecule has 1 amide bonds. The van der Waals surface area contributed by atoms with Crippen LogP contribution in [0.2, 0.25) is 0 Å². The zero-order chi connectivity index (χ0) is 17.8. The summed E-state index contributed by atoms with van der Waals surface area (Å²) in [6.45, 7) is 3.88. The Morgan fingerprint density at radius 1 is 1.12 bits per heavy atom. The van der Waals surface area contributed by atoms with Crippen LogP contribution >= 0.6 is 0 Å². The number of rotatable bonds is 5. The first-order valence-electron chi connectivity index (χ1n) is 7.42. The fourth-order valence-electron chi connectivity index (χ4n) is 2.22. The normalized spacial score (nSPS) is 15.1. The number of fused-ring (bicyclic) bond motifs is 1. The van der Waals surface area contributed by atoms with E-state index in [1.54, 1.807) is 18.2 Å². The van der Waals surface area contributed by atoms with Crippen LogP contribution in [0.4, 0.5) is 5.69 Å². The zero-order valence-electron chi connectivity index (χ0n) is 13.1. The number of nitro groups is 1. The molecule has 0 saturated heterocycles. The van der Waals surface area contributed by atoms with Crippen LogP contribution in [-0.4, -0.2) is 23.5 Å². The minimum absolute atomic E-state index is 0.0213. The van der Waals surface area contributed by atoms with E-state index in [1.807, 2.05) is 6.07 Å². The van der Waals surface area contributed by atoms with Crippen LogP contribution in [0.3, 0.4) is 0 Å². The Labute approximate surface area is 143 Å². The van der Waals surface area contributed by atoms with Gasteiger partial charge in [0.2, 0.25) is 6.10 Å². The van der Waals surface area contributed by atoms with Crippen molar-refractivity contribution in [2.75, 3.05) is 6.61 Å². The van der Waals surface area contributed by atoms with E-state index in [2.05, 4.69) is 17.4 Å². The molecular weight excluding hydrogens is 326 g/mol. The SMILES string of the molecule is C=C(NNC(=O)C1COc2ccccc2O1)c1ccc([N+](=O)[O-])cc1. The van der Waals surface area contributed by atoms with Crippen molar-refractivity contribution in [2.45, 2.75) is 6.10 Å². The molecule has 0 radical (unpaired) electrons. The van der Waals surface area contributed by atoms with Crippen LogP contribution in [0, 0.1) is 10.1 Å². The maximum Gasteiger partial charge on any atom is 0.282 e. The molecule has 0 aromatic heterocycles. The van der Waals surface area contributed by atoms with Gasteiger partial charge in [-0.25, -0.2) is 0 Å². The predicted molar refractivity (Wildman–Crippen MR) is 89.8 cm³/mol. The summed E-state index contributed by atoms with van der Waals surface area (Å²) in [7, 11) is 0. The lowest BCUT2D eigenvalue weighted by Crippen LogP contribution is -2.48. The highest BCUT2D eigenvalue weighted by atomic mass is 16.6. The average molecular weight is 341 g/mol. The van der Waals surface area contributed by atoms with E-state index in [0.717, 1.165) is 0 Å². The van der Waals surface area contributed by atoms with Crippen LogP contribution in [-0.2, 0) is 4.79 Å². The van der Waals surface area contributed by atoms with Gasteiger partial charge in [0.15, 0.2) is 11.5 Å². The molecular formula is C17H15N3O5. The number of non-ortho nitro benzene ring substituents is 1. The highest BCUT2D eigenvalue weighted by Crippen LogP contribution is 2.30. The number of hydrazine groups is 1. The highest BCUT2D eigenvalue weighted by molar-refractivity contribution is 5.82. The van der Waals surface area contributed by atoms with Crippen LogP contribution in [0.15, 0.2) is 55.1 Å². The van der Waals surface area contributed by atoms with E-state index < -0.39 is 16.9 Å². The summed E-state index contributed by atoms with van der Waals surface area (Å²) in [6.07, 6.45) is -0.799. The number of hydrogen-bond acceptors (Lipinski definition) is 6. The Kier molecular flexibility index (Phi) is 4.51. The van der Waals surface area contributed by atoms with E-state index in [9.17, 15) is 14.9 Å². The molecule has 1 aliphatic rings. The predicted octanol–water partition coefficient (Wildman–Crippen LogP) is 2.03. The molecule has 1 aliphatic heterocycles. The minimum Gasteiger partial charge on any atom is -0.485 e. The second-order valence-corrected chi connectivity index (χ2v) is 5.26. The molecule has 1 atom stereocenters. The number of carbonyl (C=O) groups is 1. The van der Waals surface area contributed by atoms with E-state index in [0.29, 0.717) is 22.8 Å². The van der Waals surface area contributed by atoms with Gasteiger partial charge >= 0.3 is 0 Å². The number of ether oxygens (including phenoxy) is 2. The second-order valence-electron chi connectivity index (χ2n) is 5.26. The van der Waals surface area contributed by atoms with Gasteiger partial charge in [-0.2, -0.15) is 0 Å². The number of nitrogens with one attached hydrogen (secondary N) is 2. The molecule has 25 heavy (non-hydrogen) atoms. The third kappa shape index (κ3) is 3.69. The van der Waals surface area contributed by atoms with E-state index in [4.69, 9.17) is 9.47 Å². The molecule has 2 N–H and O–H groups in total. The van der Waals surface area contributed by atoms with Crippen molar-refractivity contribution < 1.29 is 19.2 Å². The molecule has 128 valence electrons. The lowest BCUT2D eigenvalue weighted by atomic mass is 10.1. The maximum atomic E-state index is 12.2. The number of para-hydroxylation sites is 2. The summed E-state index contributed by atoms with van der Waals surface area (Å²) in [4.78, 5) is 22.3. The first-order chi connectivity index (χ1) is 12.0. The largest absolute Gasteiger partial charge is 0.485 e. The summed E-state index contributed by atoms with van der Waals surface area (Å²) < 4.78 is 11.1. The Bertz CT molecular complexity index is 819. The van der Waals surface area contributed by atoms with Gasteiger partial charge in [0.25, 0.3) is 11.6 Å². The van der Waals surface area contributed by atoms with Gasteiger partial charge in [0, 0.05) is 12.1 Å². The van der Waals surface area contributed by atoms with Gasteiger partial charge in [-0.05, 0) is 29.8 Å². The number of nitro benzene ring substituents is 1. The second kappa shape index (κ2) is 6.91. The molecule has 0 spiro atoms. The number of carbonyl (C=O) groups excluding carboxylic acids is 1. The van der Waals surface area contributed by atoms with Crippen molar-refractivity contribution >= 4 is 17.3 Å². The summed E-state index contributed by atoms with van der Waals surface area (Å²) in [5, 5.41) is 10.6. The molecule has 0 saturated carbocycles. The lowest BCUT2D eigenvalue weighted by molar-refractivity contribution is -0.384. The van der Waals surface area contributed by atoms with E-state index >= 15 is 0 Å². The van der Waals surface area contributed by atoms with Crippen molar-refractivity contribution in [1.29, 1.82) is 0 Å². The quantitative estimate of drug-likeness (QED) is 0.637. The van der Waals surface area contributed by atoms with Crippen molar-refractivity contribution in [3.8, 4) is 11.5 Å². The Morgan fingerprint density at radius 2 is 1.80 bits per heavy atom. The van der Waals surface area contributed by atoms with Gasteiger partial charge in [-0.15, -0.1) is 0 Å². The molecule has 2 aromatic rings. The molecule has 1 unspecified atom stereocenters. The fourth-order valence-corrected chi connectivity index (χ4v) is 2.22. The van der Waals surface area contributed by atoms with Gasteiger partial charge in [-0.3, -0.25) is 25.8 Å². The summed E-state index contributed by atoms with van der Waals surface area (Å²) >= 11 is 0. The van der Waals surface area contributed by atoms with Crippen molar-refractivity contribution in [3.63, 3.8) is 0 Å². The number of nitrogens with zero attached hydrogens (tertiary/aromatic N) is 1. The van der Waals surface area contributed by atoms with Gasteiger partial charge in [0.1, 0.15) is 6.61 Å². The molecule has 0 fully saturated rings. The molecule has 1 heterocycles. The van der Waals surface area contributed by atoms with Crippen LogP contribution in [0.25, 0.3) is 5.70 Å². The molecule has 8 nitrogen and oxygen atoms in total. The van der Waals surface area contributed by atoms with Gasteiger partial charge in [-0.1, -0.05) is 18.7 Å². The average Bonchev–Trinajstić information content (AvgIpc) is 2.65. The zero-order valence-corrected chi connectivity index (χ0v) is 13.1. The standard InChI is InChI=1S/C17H15N3O5/c1-11(12-6-8-13(9-7-12)20(22)23)18-19-17(21)16-10-24-14-4-2-3-5-15(14)25-16/h2-9,16,18H,1,10H2,(H,19,21). The van der Waals surface area contributed by atoms with Crippen LogP contribution < -0.4 is 20.3 Å². The number of amides is 1. The van der Waals surface area contributed by atoms with Crippen molar-refractivity contribution in [3.05, 3.63) is 70.8 Å². The summed E-state index contributed by atoms with van der Waals surface area (Å²) in [5.41, 5.74) is 6.14. The minimum atomic E-state index is -0.799. The topological polar surface area (TPSA) is 103 Å². The van der Waals surface area contributed by atoms with Crippen LogP contribution in [0.5, 0.6) is 11.5 Å². The number of hydrogen-bond donors (Lipinski definition) is 2. The fraction of sp³-hybridized carbons (Fsp3) is 0.118. The highest BCUT2D eigenvalue weighted by Gasteiger charge is 2.27. The molecule has 8 heteroatoms. The van der Waals surface area contributed by atoms with Crippen LogP contribution in [0.1, 0.15) is 5.56 Å². The third-order valence-electron chi connectivity index (χ3n) is 3.56. The molecule has 3 rings (SSSR count). The maximum absolute atomic E-state index is 12.2. The first kappa shape index (κ1) is 16.3. The third-order valence-corrected chi connectivity index (χ3v) is 3.56. The van der Waals surface area contributed by atoms with E-state index in [-0.39, 0.29) is 12.3 Å². The van der Waals surface area contributed by atoms with Crippen molar-refractivity contribution in [2.24, 2.45) is 0 Å². The molecule has 0 bridgehead atoms. The Hall–Kier alpha value is -3.55.